The molecule has 2 aromatic heterocycles. The van der Waals surface area contributed by atoms with E-state index in [1.54, 1.807) is 44.6 Å². The molecular weight excluding hydrogens is 600 g/mol. The molecule has 0 atom stereocenters. The number of carbonyl (C=O) groups is 3. The first-order valence-corrected chi connectivity index (χ1v) is 14.9. The fraction of sp³-hybridized carbons (Fsp3) is 0.250. The summed E-state index contributed by atoms with van der Waals surface area (Å²) in [6.07, 6.45) is 1.81. The van der Waals surface area contributed by atoms with Crippen LogP contribution in [0.25, 0.3) is 10.4 Å². The molecule has 4 aromatic rings. The Balaban J connectivity index is 1.76. The number of rotatable bonds is 13. The van der Waals surface area contributed by atoms with Crippen molar-refractivity contribution in [2.45, 2.75) is 26.1 Å². The summed E-state index contributed by atoms with van der Waals surface area (Å²) < 4.78 is 29.1. The summed E-state index contributed by atoms with van der Waals surface area (Å²) in [6, 6.07) is 15.5. The number of urea groups is 1. The van der Waals surface area contributed by atoms with Gasteiger partial charge in [0, 0.05) is 69.0 Å². The zero-order valence-electron chi connectivity index (χ0n) is 25.2. The van der Waals surface area contributed by atoms with Crippen LogP contribution in [0.5, 0.6) is 0 Å². The van der Waals surface area contributed by atoms with E-state index in [9.17, 15) is 23.2 Å². The molecule has 0 saturated heterocycles. The van der Waals surface area contributed by atoms with Crippen LogP contribution in [0.3, 0.4) is 0 Å². The molecular formula is C32H35F2N7O3S. The molecule has 10 nitrogen and oxygen atoms in total. The first-order valence-electron chi connectivity index (χ1n) is 14.1. The molecule has 0 fully saturated rings. The van der Waals surface area contributed by atoms with Gasteiger partial charge in [0.05, 0.1) is 11.3 Å². The van der Waals surface area contributed by atoms with Crippen LogP contribution in [0.15, 0.2) is 66.9 Å². The maximum atomic E-state index is 14.5. The Bertz CT molecular complexity index is 1630. The van der Waals surface area contributed by atoms with Crippen molar-refractivity contribution >= 4 is 39.9 Å². The van der Waals surface area contributed by atoms with E-state index in [0.29, 0.717) is 34.9 Å². The highest BCUT2D eigenvalue weighted by atomic mass is 32.1. The van der Waals surface area contributed by atoms with Crippen LogP contribution in [-0.2, 0) is 24.4 Å². The first kappa shape index (κ1) is 33.0. The summed E-state index contributed by atoms with van der Waals surface area (Å²) in [4.78, 5) is 45.9. The van der Waals surface area contributed by atoms with E-state index in [4.69, 9.17) is 5.73 Å². The number of primary amides is 1. The minimum Gasteiger partial charge on any atom is -0.372 e. The highest BCUT2D eigenvalue weighted by molar-refractivity contribution is 7.20. The van der Waals surface area contributed by atoms with Crippen molar-refractivity contribution in [3.63, 3.8) is 0 Å². The van der Waals surface area contributed by atoms with Crippen molar-refractivity contribution in [3.05, 3.63) is 101 Å². The van der Waals surface area contributed by atoms with E-state index < -0.39 is 23.6 Å². The van der Waals surface area contributed by atoms with Gasteiger partial charge in [0.2, 0.25) is 5.91 Å². The van der Waals surface area contributed by atoms with Gasteiger partial charge >= 0.3 is 6.03 Å². The summed E-state index contributed by atoms with van der Waals surface area (Å²) in [5.74, 6) is -2.00. The van der Waals surface area contributed by atoms with Gasteiger partial charge in [-0.25, -0.2) is 13.6 Å². The quantitative estimate of drug-likeness (QED) is 0.163. The number of benzene rings is 2. The standard InChI is InChI=1S/C32H35F2N7O3S/c1-40(2)27(42)14-16-37-30(43)28-24(19-41(3)18-22-7-4-5-15-36-22)29(20-10-12-21(13-11-20)39-32(35)44)45-31(28)38-17-23-25(33)8-6-9-26(23)34/h4-13,15,38H,14,16-19H2,1-3H3,(H,37,43)(H3,35,39,44). The fourth-order valence-electron chi connectivity index (χ4n) is 4.62. The predicted molar refractivity (Wildman–Crippen MR) is 172 cm³/mol. The zero-order chi connectivity index (χ0) is 32.5. The van der Waals surface area contributed by atoms with Gasteiger partial charge in [-0.15, -0.1) is 11.3 Å². The number of nitrogens with one attached hydrogen (secondary N) is 3. The summed E-state index contributed by atoms with van der Waals surface area (Å²) in [5, 5.41) is 8.88. The Labute approximate surface area is 264 Å². The third kappa shape index (κ3) is 8.83. The first-order chi connectivity index (χ1) is 21.5. The molecule has 0 spiro atoms. The molecule has 0 aliphatic rings. The van der Waals surface area contributed by atoms with Crippen LogP contribution >= 0.6 is 11.3 Å². The lowest BCUT2D eigenvalue weighted by Gasteiger charge is -2.19. The molecule has 0 radical (unpaired) electrons. The smallest absolute Gasteiger partial charge is 0.316 e. The molecule has 13 heteroatoms. The van der Waals surface area contributed by atoms with Crippen molar-refractivity contribution in [3.8, 4) is 10.4 Å². The molecule has 2 heterocycles. The van der Waals surface area contributed by atoms with Gasteiger partial charge in [-0.3, -0.25) is 19.5 Å². The highest BCUT2D eigenvalue weighted by Crippen LogP contribution is 2.42. The van der Waals surface area contributed by atoms with Gasteiger partial charge in [-0.1, -0.05) is 24.3 Å². The maximum absolute atomic E-state index is 14.5. The topological polar surface area (TPSA) is 133 Å². The lowest BCUT2D eigenvalue weighted by Crippen LogP contribution is -2.31. The van der Waals surface area contributed by atoms with Crippen molar-refractivity contribution < 1.29 is 23.2 Å². The molecule has 0 aliphatic heterocycles. The SMILES string of the molecule is CN(Cc1ccccn1)Cc1c(-c2ccc(NC(N)=O)cc2)sc(NCc2c(F)cccc2F)c1C(=O)NCCC(=O)N(C)C. The Hall–Kier alpha value is -4.88. The average molecular weight is 636 g/mol. The molecule has 0 unspecified atom stereocenters. The molecule has 4 rings (SSSR count). The number of thiophene rings is 1. The van der Waals surface area contributed by atoms with Gasteiger partial charge in [-0.05, 0) is 54.6 Å². The number of aromatic nitrogens is 1. The second-order valence-corrected chi connectivity index (χ2v) is 11.5. The fourth-order valence-corrected chi connectivity index (χ4v) is 5.83. The average Bonchev–Trinajstić information content (AvgIpc) is 3.34. The molecule has 2 aromatic carbocycles. The maximum Gasteiger partial charge on any atom is 0.316 e. The summed E-state index contributed by atoms with van der Waals surface area (Å²) in [6.45, 7) is 0.694. The Morgan fingerprint density at radius 3 is 2.24 bits per heavy atom. The molecule has 236 valence electrons. The van der Waals surface area contributed by atoms with E-state index >= 15 is 0 Å². The number of pyridine rings is 1. The van der Waals surface area contributed by atoms with E-state index in [-0.39, 0.29) is 31.0 Å². The predicted octanol–water partition coefficient (Wildman–Crippen LogP) is 5.03. The second-order valence-electron chi connectivity index (χ2n) is 10.5. The van der Waals surface area contributed by atoms with Crippen molar-refractivity contribution in [2.24, 2.45) is 5.73 Å². The molecule has 45 heavy (non-hydrogen) atoms. The molecule has 4 amide bonds. The molecule has 0 bridgehead atoms. The van der Waals surface area contributed by atoms with Crippen molar-refractivity contribution in [2.75, 3.05) is 38.3 Å². The highest BCUT2D eigenvalue weighted by Gasteiger charge is 2.26. The van der Waals surface area contributed by atoms with Crippen molar-refractivity contribution in [1.82, 2.24) is 20.1 Å². The number of nitrogens with zero attached hydrogens (tertiary/aromatic N) is 3. The van der Waals surface area contributed by atoms with E-state index in [2.05, 4.69) is 20.9 Å². The van der Waals surface area contributed by atoms with Gasteiger partial charge in [-0.2, -0.15) is 0 Å². The van der Waals surface area contributed by atoms with Crippen LogP contribution in [-0.4, -0.2) is 60.3 Å². The van der Waals surface area contributed by atoms with Crippen molar-refractivity contribution in [1.29, 1.82) is 0 Å². The van der Waals surface area contributed by atoms with Crippen LogP contribution in [0.1, 0.15) is 33.6 Å². The summed E-state index contributed by atoms with van der Waals surface area (Å²) >= 11 is 1.26. The number of halogens is 2. The van der Waals surface area contributed by atoms with Gasteiger partial charge in [0.1, 0.15) is 16.6 Å². The van der Waals surface area contributed by atoms with E-state index in [1.807, 2.05) is 30.1 Å². The monoisotopic (exact) mass is 635 g/mol. The van der Waals surface area contributed by atoms with Crippen LogP contribution in [0.2, 0.25) is 0 Å². The lowest BCUT2D eigenvalue weighted by molar-refractivity contribution is -0.128. The summed E-state index contributed by atoms with van der Waals surface area (Å²) in [5.41, 5.74) is 8.15. The van der Waals surface area contributed by atoms with Crippen LogP contribution in [0.4, 0.5) is 24.3 Å². The number of amides is 4. The number of anilines is 2. The van der Waals surface area contributed by atoms with Gasteiger partial charge < -0.3 is 26.6 Å². The molecule has 5 N–H and O–H groups in total. The lowest BCUT2D eigenvalue weighted by atomic mass is 10.0. The molecule has 0 saturated carbocycles. The van der Waals surface area contributed by atoms with Crippen LogP contribution < -0.4 is 21.7 Å². The van der Waals surface area contributed by atoms with Gasteiger partial charge in [0.25, 0.3) is 5.91 Å². The van der Waals surface area contributed by atoms with Crippen LogP contribution in [0, 0.1) is 11.6 Å². The Morgan fingerprint density at radius 1 is 0.911 bits per heavy atom. The number of hydrogen-bond donors (Lipinski definition) is 4. The normalized spacial score (nSPS) is 10.9. The Kier molecular flexibility index (Phi) is 11.2. The minimum absolute atomic E-state index is 0.0963. The van der Waals surface area contributed by atoms with E-state index in [0.717, 1.165) is 16.1 Å². The zero-order valence-corrected chi connectivity index (χ0v) is 26.0. The largest absolute Gasteiger partial charge is 0.372 e. The molecule has 0 aliphatic carbocycles. The summed E-state index contributed by atoms with van der Waals surface area (Å²) in [7, 11) is 5.17. The Morgan fingerprint density at radius 2 is 1.62 bits per heavy atom. The number of hydrogen-bond acceptors (Lipinski definition) is 7. The number of nitrogens with two attached hydrogens (primary N) is 1. The minimum atomic E-state index is -0.708. The van der Waals surface area contributed by atoms with Gasteiger partial charge in [0.15, 0.2) is 0 Å². The van der Waals surface area contributed by atoms with E-state index in [1.165, 1.54) is 34.4 Å². The third-order valence-electron chi connectivity index (χ3n) is 6.85. The number of carbonyl (C=O) groups excluding carboxylic acids is 3. The second kappa shape index (κ2) is 15.2. The third-order valence-corrected chi connectivity index (χ3v) is 8.08.